The Morgan fingerprint density at radius 1 is 1.62 bits per heavy atom. The van der Waals surface area contributed by atoms with Crippen molar-refractivity contribution in [2.45, 2.75) is 13.0 Å². The van der Waals surface area contributed by atoms with Crippen LogP contribution in [0.3, 0.4) is 0 Å². The molecule has 0 saturated carbocycles. The number of aliphatic carboxylic acids is 1. The standard InChI is InChI=1S/C7H10N4O2/c12-7(13)5-11-6(4-8-9-11)10-2-1-3-10/h4H,1-3,5H2,(H,12,13). The molecule has 0 aromatic carbocycles. The Hall–Kier alpha value is -1.59. The number of carboxylic acids is 1. The number of carboxylic acid groups (broad SMARTS) is 1. The zero-order chi connectivity index (χ0) is 9.26. The molecule has 1 aliphatic rings. The third kappa shape index (κ3) is 1.47. The van der Waals surface area contributed by atoms with Crippen molar-refractivity contribution in [3.8, 4) is 0 Å². The summed E-state index contributed by atoms with van der Waals surface area (Å²) in [5, 5.41) is 16.0. The molecule has 0 atom stereocenters. The van der Waals surface area contributed by atoms with E-state index < -0.39 is 5.97 Å². The minimum atomic E-state index is -0.896. The van der Waals surface area contributed by atoms with Crippen molar-refractivity contribution in [2.75, 3.05) is 18.0 Å². The Labute approximate surface area is 74.8 Å². The molecular weight excluding hydrogens is 172 g/mol. The highest BCUT2D eigenvalue weighted by Crippen LogP contribution is 2.18. The predicted molar refractivity (Wildman–Crippen MR) is 44.5 cm³/mol. The van der Waals surface area contributed by atoms with Crippen LogP contribution in [-0.4, -0.2) is 39.2 Å². The second kappa shape index (κ2) is 3.04. The number of anilines is 1. The molecule has 2 heterocycles. The summed E-state index contributed by atoms with van der Waals surface area (Å²) in [4.78, 5) is 12.5. The van der Waals surface area contributed by atoms with Crippen LogP contribution < -0.4 is 4.90 Å². The third-order valence-electron chi connectivity index (χ3n) is 2.06. The van der Waals surface area contributed by atoms with Gasteiger partial charge in [0.15, 0.2) is 0 Å². The van der Waals surface area contributed by atoms with Gasteiger partial charge in [-0.3, -0.25) is 4.79 Å². The van der Waals surface area contributed by atoms with Crippen molar-refractivity contribution in [1.29, 1.82) is 0 Å². The van der Waals surface area contributed by atoms with E-state index in [0.29, 0.717) is 0 Å². The number of hydrogen-bond acceptors (Lipinski definition) is 4. The summed E-state index contributed by atoms with van der Waals surface area (Å²) < 4.78 is 1.40. The van der Waals surface area contributed by atoms with Crippen LogP contribution in [0.25, 0.3) is 0 Å². The fourth-order valence-corrected chi connectivity index (χ4v) is 1.28. The zero-order valence-electron chi connectivity index (χ0n) is 7.05. The molecule has 1 saturated heterocycles. The van der Waals surface area contributed by atoms with E-state index in [1.807, 2.05) is 0 Å². The lowest BCUT2D eigenvalue weighted by molar-refractivity contribution is -0.137. The molecule has 70 valence electrons. The van der Waals surface area contributed by atoms with E-state index in [1.54, 1.807) is 6.20 Å². The topological polar surface area (TPSA) is 71.2 Å². The molecule has 1 fully saturated rings. The number of hydrogen-bond donors (Lipinski definition) is 1. The van der Waals surface area contributed by atoms with Gasteiger partial charge in [0.1, 0.15) is 12.4 Å². The van der Waals surface area contributed by atoms with Crippen molar-refractivity contribution >= 4 is 11.8 Å². The van der Waals surface area contributed by atoms with Gasteiger partial charge < -0.3 is 10.0 Å². The third-order valence-corrected chi connectivity index (χ3v) is 2.06. The Morgan fingerprint density at radius 2 is 2.38 bits per heavy atom. The van der Waals surface area contributed by atoms with Crippen LogP contribution in [-0.2, 0) is 11.3 Å². The number of nitrogens with zero attached hydrogens (tertiary/aromatic N) is 4. The molecule has 2 rings (SSSR count). The maximum atomic E-state index is 10.4. The van der Waals surface area contributed by atoms with E-state index in [0.717, 1.165) is 25.3 Å². The van der Waals surface area contributed by atoms with Crippen LogP contribution in [0, 0.1) is 0 Å². The van der Waals surface area contributed by atoms with E-state index in [4.69, 9.17) is 5.11 Å². The Morgan fingerprint density at radius 3 is 2.92 bits per heavy atom. The average molecular weight is 182 g/mol. The average Bonchev–Trinajstić information content (AvgIpc) is 2.32. The van der Waals surface area contributed by atoms with Crippen molar-refractivity contribution < 1.29 is 9.90 Å². The van der Waals surface area contributed by atoms with Crippen molar-refractivity contribution in [1.82, 2.24) is 15.0 Å². The normalized spacial score (nSPS) is 15.5. The van der Waals surface area contributed by atoms with Crippen LogP contribution in [0.5, 0.6) is 0 Å². The quantitative estimate of drug-likeness (QED) is 0.687. The van der Waals surface area contributed by atoms with Gasteiger partial charge in [-0.1, -0.05) is 5.21 Å². The van der Waals surface area contributed by atoms with Crippen molar-refractivity contribution in [2.24, 2.45) is 0 Å². The fourth-order valence-electron chi connectivity index (χ4n) is 1.28. The van der Waals surface area contributed by atoms with Crippen molar-refractivity contribution in [3.05, 3.63) is 6.20 Å². The minimum Gasteiger partial charge on any atom is -0.480 e. The van der Waals surface area contributed by atoms with E-state index in [1.165, 1.54) is 4.68 Å². The van der Waals surface area contributed by atoms with Gasteiger partial charge in [-0.25, -0.2) is 4.68 Å². The van der Waals surface area contributed by atoms with Gasteiger partial charge in [0.2, 0.25) is 0 Å². The SMILES string of the molecule is O=C(O)Cn1nncc1N1CCC1. The van der Waals surface area contributed by atoms with Crippen LogP contribution in [0.2, 0.25) is 0 Å². The van der Waals surface area contributed by atoms with Gasteiger partial charge in [0.05, 0.1) is 6.20 Å². The Kier molecular flexibility index (Phi) is 1.88. The molecule has 0 unspecified atom stereocenters. The van der Waals surface area contributed by atoms with Crippen LogP contribution in [0.1, 0.15) is 6.42 Å². The molecule has 1 N–H and O–H groups in total. The van der Waals surface area contributed by atoms with Gasteiger partial charge in [-0.05, 0) is 6.42 Å². The van der Waals surface area contributed by atoms with Crippen LogP contribution in [0.15, 0.2) is 6.20 Å². The second-order valence-electron chi connectivity index (χ2n) is 2.98. The fraction of sp³-hybridized carbons (Fsp3) is 0.571. The molecule has 1 aromatic heterocycles. The van der Waals surface area contributed by atoms with Gasteiger partial charge in [0, 0.05) is 13.1 Å². The smallest absolute Gasteiger partial charge is 0.325 e. The Bertz CT molecular complexity index is 318. The molecule has 1 aliphatic heterocycles. The molecule has 1 aromatic rings. The van der Waals surface area contributed by atoms with Gasteiger partial charge in [0.25, 0.3) is 0 Å². The van der Waals surface area contributed by atoms with Gasteiger partial charge >= 0.3 is 5.97 Å². The predicted octanol–water partition coefficient (Wildman–Crippen LogP) is -0.427. The summed E-state index contributed by atoms with van der Waals surface area (Å²) in [5.74, 6) is -0.0964. The number of carbonyl (C=O) groups is 1. The highest BCUT2D eigenvalue weighted by atomic mass is 16.4. The molecule has 6 heteroatoms. The summed E-state index contributed by atoms with van der Waals surface area (Å²) >= 11 is 0. The molecule has 13 heavy (non-hydrogen) atoms. The lowest BCUT2D eigenvalue weighted by atomic mass is 10.2. The maximum Gasteiger partial charge on any atom is 0.325 e. The van der Waals surface area contributed by atoms with Crippen LogP contribution >= 0.6 is 0 Å². The van der Waals surface area contributed by atoms with Crippen LogP contribution in [0.4, 0.5) is 5.82 Å². The molecular formula is C7H10N4O2. The molecule has 0 amide bonds. The van der Waals surface area contributed by atoms with Gasteiger partial charge in [-0.2, -0.15) is 0 Å². The first-order valence-corrected chi connectivity index (χ1v) is 4.12. The summed E-state index contributed by atoms with van der Waals surface area (Å²) in [5.41, 5.74) is 0. The van der Waals surface area contributed by atoms with E-state index in [-0.39, 0.29) is 6.54 Å². The Balaban J connectivity index is 2.14. The monoisotopic (exact) mass is 182 g/mol. The second-order valence-corrected chi connectivity index (χ2v) is 2.98. The first kappa shape index (κ1) is 8.03. The zero-order valence-corrected chi connectivity index (χ0v) is 7.05. The maximum absolute atomic E-state index is 10.4. The lowest BCUT2D eigenvalue weighted by Crippen LogP contribution is -2.38. The molecule has 0 radical (unpaired) electrons. The van der Waals surface area contributed by atoms with Crippen molar-refractivity contribution in [3.63, 3.8) is 0 Å². The number of rotatable bonds is 3. The summed E-state index contributed by atoms with van der Waals surface area (Å²) in [6.07, 6.45) is 2.75. The van der Waals surface area contributed by atoms with E-state index >= 15 is 0 Å². The molecule has 0 aliphatic carbocycles. The molecule has 6 nitrogen and oxygen atoms in total. The minimum absolute atomic E-state index is 0.119. The van der Waals surface area contributed by atoms with E-state index in [2.05, 4.69) is 15.2 Å². The summed E-state index contributed by atoms with van der Waals surface area (Å²) in [6, 6.07) is 0. The first-order chi connectivity index (χ1) is 6.27. The molecule has 0 bridgehead atoms. The molecule has 0 spiro atoms. The highest BCUT2D eigenvalue weighted by Gasteiger charge is 2.19. The highest BCUT2D eigenvalue weighted by molar-refractivity contribution is 5.67. The van der Waals surface area contributed by atoms with Gasteiger partial charge in [-0.15, -0.1) is 5.10 Å². The number of aromatic nitrogens is 3. The largest absolute Gasteiger partial charge is 0.480 e. The first-order valence-electron chi connectivity index (χ1n) is 4.12. The lowest BCUT2D eigenvalue weighted by Gasteiger charge is -2.32. The summed E-state index contributed by atoms with van der Waals surface area (Å²) in [7, 11) is 0. The summed E-state index contributed by atoms with van der Waals surface area (Å²) in [6.45, 7) is 1.81. The van der Waals surface area contributed by atoms with E-state index in [9.17, 15) is 4.79 Å².